The molecular weight excluding hydrogens is 177 g/mol. The van der Waals surface area contributed by atoms with E-state index >= 15 is 0 Å². The van der Waals surface area contributed by atoms with E-state index in [9.17, 15) is 9.18 Å². The zero-order chi connectivity index (χ0) is 9.14. The van der Waals surface area contributed by atoms with Gasteiger partial charge >= 0.3 is 0 Å². The van der Waals surface area contributed by atoms with Gasteiger partial charge in [-0.25, -0.2) is 4.39 Å². The van der Waals surface area contributed by atoms with Gasteiger partial charge in [-0.1, -0.05) is 0 Å². The van der Waals surface area contributed by atoms with Gasteiger partial charge in [0.25, 0.3) is 5.91 Å². The maximum Gasteiger partial charge on any atom is 0.253 e. The summed E-state index contributed by atoms with van der Waals surface area (Å²) in [6, 6.07) is 4.17. The highest BCUT2D eigenvalue weighted by Gasteiger charge is 2.08. The maximum atomic E-state index is 13.0. The Labute approximate surface area is 75.2 Å². The lowest BCUT2D eigenvalue weighted by Gasteiger charge is -2.01. The molecule has 12 heavy (non-hydrogen) atoms. The number of nitrogens with one attached hydrogen (secondary N) is 1. The van der Waals surface area contributed by atoms with Crippen molar-refractivity contribution in [3.63, 3.8) is 0 Å². The molecule has 0 atom stereocenters. The Hall–Kier alpha value is -1.03. The quantitative estimate of drug-likeness (QED) is 0.637. The molecule has 0 aliphatic rings. The summed E-state index contributed by atoms with van der Waals surface area (Å²) in [5, 5.41) is 2.34. The zero-order valence-corrected chi connectivity index (χ0v) is 7.36. The predicted molar refractivity (Wildman–Crippen MR) is 47.0 cm³/mol. The van der Waals surface area contributed by atoms with Gasteiger partial charge in [-0.3, -0.25) is 4.79 Å². The average molecular weight is 185 g/mol. The molecule has 0 radical (unpaired) electrons. The first kappa shape index (κ1) is 9.06. The number of carbonyl (C=O) groups is 1. The Kier molecular flexibility index (Phi) is 2.70. The minimum Gasteiger partial charge on any atom is -0.355 e. The lowest BCUT2D eigenvalue weighted by molar-refractivity contribution is 0.0959. The number of benzene rings is 1. The Morgan fingerprint density at radius 2 is 2.25 bits per heavy atom. The van der Waals surface area contributed by atoms with E-state index in [1.165, 1.54) is 19.2 Å². The molecule has 4 heteroatoms. The molecule has 0 saturated carbocycles. The highest BCUT2D eigenvalue weighted by atomic mass is 32.1. The van der Waals surface area contributed by atoms with Gasteiger partial charge in [-0.15, -0.1) is 12.6 Å². The molecule has 1 aromatic carbocycles. The normalized spacial score (nSPS) is 9.58. The van der Waals surface area contributed by atoms with Crippen molar-refractivity contribution in [2.24, 2.45) is 0 Å². The van der Waals surface area contributed by atoms with Crippen LogP contribution in [0.15, 0.2) is 23.1 Å². The lowest BCUT2D eigenvalue weighted by atomic mass is 10.2. The van der Waals surface area contributed by atoms with Gasteiger partial charge in [0.05, 0.1) is 5.56 Å². The van der Waals surface area contributed by atoms with E-state index in [4.69, 9.17) is 0 Å². The van der Waals surface area contributed by atoms with Gasteiger partial charge < -0.3 is 5.32 Å². The lowest BCUT2D eigenvalue weighted by Crippen LogP contribution is -2.19. The molecule has 2 nitrogen and oxygen atoms in total. The number of halogens is 1. The van der Waals surface area contributed by atoms with Crippen LogP contribution in [0.2, 0.25) is 0 Å². The molecule has 1 amide bonds. The summed E-state index contributed by atoms with van der Waals surface area (Å²) in [5.74, 6) is -0.984. The molecule has 0 unspecified atom stereocenters. The minimum atomic E-state index is -0.554. The van der Waals surface area contributed by atoms with E-state index in [-0.39, 0.29) is 5.56 Å². The molecule has 0 fully saturated rings. The average Bonchev–Trinajstić information content (AvgIpc) is 2.03. The van der Waals surface area contributed by atoms with Gasteiger partial charge in [-0.2, -0.15) is 0 Å². The molecule has 0 aromatic heterocycles. The third-order valence-electron chi connectivity index (χ3n) is 1.42. The Bertz CT molecular complexity index is 314. The third-order valence-corrected chi connectivity index (χ3v) is 1.70. The van der Waals surface area contributed by atoms with Crippen molar-refractivity contribution in [2.75, 3.05) is 7.05 Å². The summed E-state index contributed by atoms with van der Waals surface area (Å²) in [6.45, 7) is 0. The zero-order valence-electron chi connectivity index (χ0n) is 6.47. The Morgan fingerprint density at radius 1 is 1.58 bits per heavy atom. The second-order valence-electron chi connectivity index (χ2n) is 2.24. The summed E-state index contributed by atoms with van der Waals surface area (Å²) in [6.07, 6.45) is 0. The minimum absolute atomic E-state index is 0.0373. The van der Waals surface area contributed by atoms with Gasteiger partial charge in [-0.05, 0) is 18.2 Å². The highest BCUT2D eigenvalue weighted by molar-refractivity contribution is 7.80. The fourth-order valence-electron chi connectivity index (χ4n) is 0.823. The van der Waals surface area contributed by atoms with Crippen LogP contribution in [0.25, 0.3) is 0 Å². The summed E-state index contributed by atoms with van der Waals surface area (Å²) < 4.78 is 13.0. The van der Waals surface area contributed by atoms with Crippen molar-refractivity contribution in [1.82, 2.24) is 5.32 Å². The van der Waals surface area contributed by atoms with Gasteiger partial charge in [0.1, 0.15) is 5.82 Å². The van der Waals surface area contributed by atoms with E-state index in [0.717, 1.165) is 0 Å². The van der Waals surface area contributed by atoms with Crippen LogP contribution in [0.1, 0.15) is 10.4 Å². The summed E-state index contributed by atoms with van der Waals surface area (Å²) >= 11 is 3.93. The van der Waals surface area contributed by atoms with Gasteiger partial charge in [0.2, 0.25) is 0 Å². The van der Waals surface area contributed by atoms with Crippen molar-refractivity contribution in [2.45, 2.75) is 4.90 Å². The van der Waals surface area contributed by atoms with Crippen molar-refractivity contribution in [3.8, 4) is 0 Å². The molecule has 0 heterocycles. The second kappa shape index (κ2) is 3.58. The number of thiol groups is 1. The summed E-state index contributed by atoms with van der Waals surface area (Å²) in [7, 11) is 1.45. The van der Waals surface area contributed by atoms with Crippen LogP contribution in [-0.2, 0) is 0 Å². The maximum absolute atomic E-state index is 13.0. The molecular formula is C8H8FNOS. The largest absolute Gasteiger partial charge is 0.355 e. The van der Waals surface area contributed by atoms with Crippen LogP contribution in [-0.4, -0.2) is 13.0 Å². The van der Waals surface area contributed by atoms with Crippen molar-refractivity contribution in [3.05, 3.63) is 29.6 Å². The molecule has 0 spiro atoms. The van der Waals surface area contributed by atoms with E-state index in [0.29, 0.717) is 4.90 Å². The number of amides is 1. The van der Waals surface area contributed by atoms with Crippen LogP contribution < -0.4 is 5.32 Å². The number of hydrogen-bond acceptors (Lipinski definition) is 2. The van der Waals surface area contributed by atoms with Crippen LogP contribution in [0.3, 0.4) is 0 Å². The number of hydrogen-bond donors (Lipinski definition) is 2. The van der Waals surface area contributed by atoms with Crippen LogP contribution >= 0.6 is 12.6 Å². The van der Waals surface area contributed by atoms with Crippen LogP contribution in [0.5, 0.6) is 0 Å². The summed E-state index contributed by atoms with van der Waals surface area (Å²) in [5.41, 5.74) is 0.0373. The standard InChI is InChI=1S/C8H8FNOS/c1-10-8(11)6-3-2-5(12)4-7(6)9/h2-4,12H,1H3,(H,10,11). The van der Waals surface area contributed by atoms with Crippen LogP contribution in [0, 0.1) is 5.82 Å². The van der Waals surface area contributed by atoms with E-state index in [1.54, 1.807) is 6.07 Å². The molecule has 1 rings (SSSR count). The molecule has 0 saturated heterocycles. The first-order chi connectivity index (χ1) is 5.65. The fourth-order valence-corrected chi connectivity index (χ4v) is 1.01. The van der Waals surface area contributed by atoms with Crippen LogP contribution in [0.4, 0.5) is 4.39 Å². The van der Waals surface area contributed by atoms with Gasteiger partial charge in [0, 0.05) is 11.9 Å². The monoisotopic (exact) mass is 185 g/mol. The molecule has 1 aromatic rings. The summed E-state index contributed by atoms with van der Waals surface area (Å²) in [4.78, 5) is 11.5. The van der Waals surface area contributed by atoms with E-state index in [1.807, 2.05) is 0 Å². The Balaban J connectivity index is 3.09. The van der Waals surface area contributed by atoms with Crippen molar-refractivity contribution in [1.29, 1.82) is 0 Å². The first-order valence-electron chi connectivity index (χ1n) is 3.35. The predicted octanol–water partition coefficient (Wildman–Crippen LogP) is 1.47. The second-order valence-corrected chi connectivity index (χ2v) is 2.76. The number of rotatable bonds is 1. The smallest absolute Gasteiger partial charge is 0.253 e. The van der Waals surface area contributed by atoms with E-state index < -0.39 is 11.7 Å². The topological polar surface area (TPSA) is 29.1 Å². The number of carbonyl (C=O) groups excluding carboxylic acids is 1. The fraction of sp³-hybridized carbons (Fsp3) is 0.125. The third kappa shape index (κ3) is 1.76. The van der Waals surface area contributed by atoms with Crippen molar-refractivity contribution >= 4 is 18.5 Å². The SMILES string of the molecule is CNC(=O)c1ccc(S)cc1F. The molecule has 0 bridgehead atoms. The molecule has 1 N–H and O–H groups in total. The molecule has 64 valence electrons. The molecule has 0 aliphatic heterocycles. The Morgan fingerprint density at radius 3 is 2.75 bits per heavy atom. The van der Waals surface area contributed by atoms with Gasteiger partial charge in [0.15, 0.2) is 0 Å². The van der Waals surface area contributed by atoms with E-state index in [2.05, 4.69) is 17.9 Å². The van der Waals surface area contributed by atoms with Crippen molar-refractivity contribution < 1.29 is 9.18 Å². The first-order valence-corrected chi connectivity index (χ1v) is 3.80. The highest BCUT2D eigenvalue weighted by Crippen LogP contribution is 2.12. The molecule has 0 aliphatic carbocycles.